The van der Waals surface area contributed by atoms with Gasteiger partial charge in [-0.25, -0.2) is 9.48 Å². The molecule has 2 heterocycles. The SMILES string of the molecule is CCCn1nc(C(=O)OCC(=O)Nc2ccc(N3CCN(Cc4ccccc4)CC3)cc2)ccc1=O. The lowest BCUT2D eigenvalue weighted by molar-refractivity contribution is -0.119. The maximum atomic E-state index is 12.3. The summed E-state index contributed by atoms with van der Waals surface area (Å²) >= 11 is 0. The second-order valence-corrected chi connectivity index (χ2v) is 8.70. The molecule has 0 unspecified atom stereocenters. The van der Waals surface area contributed by atoms with E-state index in [-0.39, 0.29) is 11.3 Å². The molecule has 1 fully saturated rings. The molecule has 188 valence electrons. The van der Waals surface area contributed by atoms with Gasteiger partial charge in [0.1, 0.15) is 0 Å². The number of hydrogen-bond acceptors (Lipinski definition) is 7. The molecule has 1 amide bonds. The van der Waals surface area contributed by atoms with Crippen LogP contribution in [0.1, 0.15) is 29.4 Å². The summed E-state index contributed by atoms with van der Waals surface area (Å²) in [7, 11) is 0. The van der Waals surface area contributed by atoms with Crippen LogP contribution in [-0.4, -0.2) is 59.3 Å². The van der Waals surface area contributed by atoms with E-state index in [1.165, 1.54) is 22.4 Å². The van der Waals surface area contributed by atoms with Gasteiger partial charge in [-0.1, -0.05) is 37.3 Å². The van der Waals surface area contributed by atoms with Crippen LogP contribution in [0.5, 0.6) is 0 Å². The van der Waals surface area contributed by atoms with Crippen LogP contribution < -0.4 is 15.8 Å². The number of aryl methyl sites for hydroxylation is 1. The Morgan fingerprint density at radius 1 is 0.944 bits per heavy atom. The van der Waals surface area contributed by atoms with E-state index >= 15 is 0 Å². The van der Waals surface area contributed by atoms with Crippen molar-refractivity contribution in [2.24, 2.45) is 0 Å². The minimum absolute atomic E-state index is 0.0101. The molecule has 9 heteroatoms. The van der Waals surface area contributed by atoms with Crippen molar-refractivity contribution in [2.45, 2.75) is 26.4 Å². The van der Waals surface area contributed by atoms with Crippen LogP contribution in [0.2, 0.25) is 0 Å². The van der Waals surface area contributed by atoms with E-state index in [1.807, 2.05) is 37.3 Å². The van der Waals surface area contributed by atoms with Crippen molar-refractivity contribution in [3.8, 4) is 0 Å². The largest absolute Gasteiger partial charge is 0.451 e. The Morgan fingerprint density at radius 2 is 1.67 bits per heavy atom. The summed E-state index contributed by atoms with van der Waals surface area (Å²) < 4.78 is 6.27. The Hall–Kier alpha value is -3.98. The van der Waals surface area contributed by atoms with Gasteiger partial charge in [0.15, 0.2) is 12.3 Å². The van der Waals surface area contributed by atoms with Crippen LogP contribution in [0.3, 0.4) is 0 Å². The van der Waals surface area contributed by atoms with Gasteiger partial charge in [-0.15, -0.1) is 0 Å². The molecule has 3 aromatic rings. The number of benzene rings is 2. The first-order chi connectivity index (χ1) is 17.5. The van der Waals surface area contributed by atoms with Crippen LogP contribution in [-0.2, 0) is 22.6 Å². The summed E-state index contributed by atoms with van der Waals surface area (Å²) in [5.41, 5.74) is 2.76. The monoisotopic (exact) mass is 489 g/mol. The number of rotatable bonds is 9. The van der Waals surface area contributed by atoms with Crippen LogP contribution in [0, 0.1) is 0 Å². The molecule has 0 spiro atoms. The molecule has 1 aromatic heterocycles. The van der Waals surface area contributed by atoms with Gasteiger partial charge in [0.05, 0.1) is 0 Å². The average Bonchev–Trinajstić information content (AvgIpc) is 2.90. The molecule has 4 rings (SSSR count). The summed E-state index contributed by atoms with van der Waals surface area (Å²) in [6, 6.07) is 20.7. The molecule has 1 aliphatic rings. The third-order valence-corrected chi connectivity index (χ3v) is 5.98. The maximum absolute atomic E-state index is 12.3. The minimum Gasteiger partial charge on any atom is -0.451 e. The minimum atomic E-state index is -0.753. The van der Waals surface area contributed by atoms with E-state index in [4.69, 9.17) is 4.74 Å². The number of nitrogens with zero attached hydrogens (tertiary/aromatic N) is 4. The van der Waals surface area contributed by atoms with Crippen molar-refractivity contribution in [3.05, 3.63) is 88.3 Å². The Morgan fingerprint density at radius 3 is 2.36 bits per heavy atom. The lowest BCUT2D eigenvalue weighted by Crippen LogP contribution is -2.45. The molecule has 0 atom stereocenters. The van der Waals surface area contributed by atoms with Crippen molar-refractivity contribution in [1.29, 1.82) is 0 Å². The van der Waals surface area contributed by atoms with Crippen LogP contribution in [0.25, 0.3) is 0 Å². The number of anilines is 2. The predicted octanol–water partition coefficient (Wildman–Crippen LogP) is 2.77. The number of nitrogens with one attached hydrogen (secondary N) is 1. The zero-order valence-corrected chi connectivity index (χ0v) is 20.4. The highest BCUT2D eigenvalue weighted by Crippen LogP contribution is 2.20. The number of aromatic nitrogens is 2. The fraction of sp³-hybridized carbons (Fsp3) is 0.333. The van der Waals surface area contributed by atoms with Crippen LogP contribution >= 0.6 is 0 Å². The highest BCUT2D eigenvalue weighted by molar-refractivity contribution is 5.94. The number of amides is 1. The molecule has 0 bridgehead atoms. The smallest absolute Gasteiger partial charge is 0.359 e. The van der Waals surface area contributed by atoms with Crippen LogP contribution in [0.15, 0.2) is 71.5 Å². The zero-order chi connectivity index (χ0) is 25.3. The average molecular weight is 490 g/mol. The Labute approximate surface area is 210 Å². The molecular formula is C27H31N5O4. The van der Waals surface area contributed by atoms with Gasteiger partial charge in [-0.2, -0.15) is 5.10 Å². The molecule has 36 heavy (non-hydrogen) atoms. The number of hydrogen-bond donors (Lipinski definition) is 1. The maximum Gasteiger partial charge on any atom is 0.359 e. The molecule has 0 saturated carbocycles. The number of ether oxygens (including phenoxy) is 1. The second kappa shape index (κ2) is 12.1. The third kappa shape index (κ3) is 6.79. The van der Waals surface area contributed by atoms with E-state index in [0.29, 0.717) is 18.7 Å². The summed E-state index contributed by atoms with van der Waals surface area (Å²) in [6.07, 6.45) is 0.705. The zero-order valence-electron chi connectivity index (χ0n) is 20.4. The number of carbonyl (C=O) groups is 2. The molecule has 2 aromatic carbocycles. The van der Waals surface area contributed by atoms with Gasteiger partial charge < -0.3 is 15.0 Å². The van der Waals surface area contributed by atoms with Crippen LogP contribution in [0.4, 0.5) is 11.4 Å². The highest BCUT2D eigenvalue weighted by atomic mass is 16.5. The molecule has 9 nitrogen and oxygen atoms in total. The van der Waals surface area contributed by atoms with Crippen molar-refractivity contribution in [1.82, 2.24) is 14.7 Å². The standard InChI is InChI=1S/C27H31N5O4/c1-2-14-32-26(34)13-12-24(29-32)27(35)36-20-25(33)28-22-8-10-23(11-9-22)31-17-15-30(16-18-31)19-21-6-4-3-5-7-21/h3-13H,2,14-20H2,1H3,(H,28,33). The summed E-state index contributed by atoms with van der Waals surface area (Å²) in [6.45, 7) is 6.68. The molecule has 1 saturated heterocycles. The van der Waals surface area contributed by atoms with E-state index < -0.39 is 18.5 Å². The molecule has 1 N–H and O–H groups in total. The van der Waals surface area contributed by atoms with E-state index in [2.05, 4.69) is 44.5 Å². The van der Waals surface area contributed by atoms with Gasteiger partial charge in [0.25, 0.3) is 11.5 Å². The lowest BCUT2D eigenvalue weighted by atomic mass is 10.2. The molecule has 1 aliphatic heterocycles. The van der Waals surface area contributed by atoms with Gasteiger partial charge in [-0.3, -0.25) is 14.5 Å². The van der Waals surface area contributed by atoms with Gasteiger partial charge in [0.2, 0.25) is 0 Å². The molecular weight excluding hydrogens is 458 g/mol. The van der Waals surface area contributed by atoms with Crippen molar-refractivity contribution in [3.63, 3.8) is 0 Å². The van der Waals surface area contributed by atoms with E-state index in [1.54, 1.807) is 0 Å². The summed E-state index contributed by atoms with van der Waals surface area (Å²) in [5, 5.41) is 6.73. The fourth-order valence-electron chi connectivity index (χ4n) is 4.09. The first kappa shape index (κ1) is 25.1. The van der Waals surface area contributed by atoms with Crippen molar-refractivity contribution in [2.75, 3.05) is 43.0 Å². The Kier molecular flexibility index (Phi) is 8.46. The van der Waals surface area contributed by atoms with Crippen molar-refractivity contribution >= 4 is 23.3 Å². The molecule has 0 radical (unpaired) electrons. The van der Waals surface area contributed by atoms with E-state index in [9.17, 15) is 14.4 Å². The molecule has 0 aliphatic carbocycles. The normalized spacial score (nSPS) is 13.9. The predicted molar refractivity (Wildman–Crippen MR) is 138 cm³/mol. The van der Waals surface area contributed by atoms with E-state index in [0.717, 1.165) is 38.4 Å². The topological polar surface area (TPSA) is 96.8 Å². The highest BCUT2D eigenvalue weighted by Gasteiger charge is 2.18. The lowest BCUT2D eigenvalue weighted by Gasteiger charge is -2.36. The van der Waals surface area contributed by atoms with Crippen molar-refractivity contribution < 1.29 is 14.3 Å². The third-order valence-electron chi connectivity index (χ3n) is 5.98. The van der Waals surface area contributed by atoms with Gasteiger partial charge in [-0.05, 0) is 42.3 Å². The Bertz CT molecular complexity index is 1220. The number of esters is 1. The Balaban J connectivity index is 1.23. The number of carbonyl (C=O) groups excluding carboxylic acids is 2. The summed E-state index contributed by atoms with van der Waals surface area (Å²) in [5.74, 6) is -1.20. The first-order valence-electron chi connectivity index (χ1n) is 12.2. The number of piperazine rings is 1. The van der Waals surface area contributed by atoms with Gasteiger partial charge in [0, 0.05) is 56.7 Å². The first-order valence-corrected chi connectivity index (χ1v) is 12.2. The van der Waals surface area contributed by atoms with Gasteiger partial charge >= 0.3 is 5.97 Å². The fourth-order valence-corrected chi connectivity index (χ4v) is 4.09. The second-order valence-electron chi connectivity index (χ2n) is 8.70. The quantitative estimate of drug-likeness (QED) is 0.462. The summed E-state index contributed by atoms with van der Waals surface area (Å²) in [4.78, 5) is 41.0.